The summed E-state index contributed by atoms with van der Waals surface area (Å²) in [4.78, 5) is 19.7. The molecule has 2 saturated heterocycles. The Hall–Kier alpha value is -3.23. The third-order valence-electron chi connectivity index (χ3n) is 9.43. The van der Waals surface area contributed by atoms with E-state index in [0.717, 1.165) is 46.1 Å². The van der Waals surface area contributed by atoms with Gasteiger partial charge in [0.05, 0.1) is 40.8 Å². The molecule has 0 amide bonds. The Morgan fingerprint density at radius 2 is 1.83 bits per heavy atom. The van der Waals surface area contributed by atoms with Crippen LogP contribution in [-0.2, 0) is 16.1 Å². The summed E-state index contributed by atoms with van der Waals surface area (Å²) in [5.74, 6) is 2.29. The quantitative estimate of drug-likeness (QED) is 0.195. The Balaban J connectivity index is 0.961. The summed E-state index contributed by atoms with van der Waals surface area (Å²) in [6.45, 7) is 2.81. The highest BCUT2D eigenvalue weighted by Gasteiger charge is 2.46. The molecule has 7 nitrogen and oxygen atoms in total. The van der Waals surface area contributed by atoms with E-state index in [1.807, 2.05) is 25.1 Å². The lowest BCUT2D eigenvalue weighted by atomic mass is 10.00. The predicted molar refractivity (Wildman–Crippen MR) is 158 cm³/mol. The molecule has 4 fully saturated rings. The largest absolute Gasteiger partial charge is 0.462 e. The number of piperidine rings is 1. The Kier molecular flexibility index (Phi) is 6.37. The molecule has 8 heteroatoms. The molecule has 0 N–H and O–H groups in total. The number of aromatic nitrogens is 2. The van der Waals surface area contributed by atoms with Gasteiger partial charge < -0.3 is 18.9 Å². The van der Waals surface area contributed by atoms with Gasteiger partial charge in [-0.2, -0.15) is 0 Å². The van der Waals surface area contributed by atoms with E-state index >= 15 is 0 Å². The first kappa shape index (κ1) is 25.5. The molecule has 4 aromatic rings. The van der Waals surface area contributed by atoms with E-state index in [9.17, 15) is 4.79 Å². The van der Waals surface area contributed by atoms with Crippen LogP contribution in [0.5, 0.6) is 0 Å². The van der Waals surface area contributed by atoms with Crippen molar-refractivity contribution in [3.05, 3.63) is 76.7 Å². The van der Waals surface area contributed by atoms with Gasteiger partial charge in [-0.15, -0.1) is 0 Å². The van der Waals surface area contributed by atoms with Gasteiger partial charge in [0.15, 0.2) is 5.13 Å². The van der Waals surface area contributed by atoms with Crippen LogP contribution in [0.25, 0.3) is 10.2 Å². The average molecular weight is 570 g/mol. The van der Waals surface area contributed by atoms with Crippen molar-refractivity contribution in [1.82, 2.24) is 10.1 Å². The lowest BCUT2D eigenvalue weighted by Crippen LogP contribution is -2.45. The van der Waals surface area contributed by atoms with Crippen molar-refractivity contribution in [2.45, 2.75) is 94.4 Å². The van der Waals surface area contributed by atoms with Gasteiger partial charge in [0.1, 0.15) is 5.76 Å². The van der Waals surface area contributed by atoms with Crippen molar-refractivity contribution in [2.75, 3.05) is 11.5 Å². The van der Waals surface area contributed by atoms with Crippen molar-refractivity contribution in [2.24, 2.45) is 0 Å². The Bertz CT molecular complexity index is 1560. The molecule has 4 aliphatic rings. The number of carbonyl (C=O) groups is 1. The molecule has 4 unspecified atom stereocenters. The van der Waals surface area contributed by atoms with E-state index in [4.69, 9.17) is 19.0 Å². The van der Waals surface area contributed by atoms with Crippen LogP contribution in [0.1, 0.15) is 103 Å². The molecule has 2 aromatic heterocycles. The fourth-order valence-electron chi connectivity index (χ4n) is 7.14. The second kappa shape index (κ2) is 10.2. The van der Waals surface area contributed by atoms with E-state index in [-0.39, 0.29) is 12.1 Å². The molecule has 2 aliphatic heterocycles. The minimum atomic E-state index is -0.277. The zero-order valence-corrected chi connectivity index (χ0v) is 24.1. The standard InChI is InChI=1S/C33H35N3O4S/c1-2-38-32(37)21-10-13-28-29(14-21)41-33(34-28)36-22-11-12-23(36)16-24(15-22)39-18-27-30(35-40-31(27)20-8-9-20)26-17-25(26)19-6-4-3-5-7-19/h3-7,10,13-14,20,22-26H,2,8-9,11-12,15-18H2,1H3. The number of fused-ring (bicyclic) bond motifs is 3. The van der Waals surface area contributed by atoms with Crippen LogP contribution in [0.15, 0.2) is 53.1 Å². The van der Waals surface area contributed by atoms with Crippen LogP contribution in [0, 0.1) is 0 Å². The van der Waals surface area contributed by atoms with Crippen LogP contribution >= 0.6 is 11.3 Å². The molecule has 0 spiro atoms. The molecule has 2 saturated carbocycles. The number of carbonyl (C=O) groups excluding carboxylic acids is 1. The Morgan fingerprint density at radius 3 is 2.59 bits per heavy atom. The van der Waals surface area contributed by atoms with E-state index in [0.29, 0.717) is 48.6 Å². The molecule has 41 heavy (non-hydrogen) atoms. The lowest BCUT2D eigenvalue weighted by molar-refractivity contribution is 0.0142. The molecule has 212 valence electrons. The lowest BCUT2D eigenvalue weighted by Gasteiger charge is -2.38. The predicted octanol–water partition coefficient (Wildman–Crippen LogP) is 7.33. The van der Waals surface area contributed by atoms with Gasteiger partial charge in [-0.25, -0.2) is 9.78 Å². The number of hydrogen-bond donors (Lipinski definition) is 0. The molecule has 4 heterocycles. The zero-order chi connectivity index (χ0) is 27.5. The van der Waals surface area contributed by atoms with Crippen molar-refractivity contribution in [1.29, 1.82) is 0 Å². The van der Waals surface area contributed by atoms with Crippen LogP contribution < -0.4 is 4.90 Å². The molecule has 2 aromatic carbocycles. The monoisotopic (exact) mass is 569 g/mol. The maximum Gasteiger partial charge on any atom is 0.338 e. The third-order valence-corrected chi connectivity index (χ3v) is 10.5. The molecular weight excluding hydrogens is 534 g/mol. The summed E-state index contributed by atoms with van der Waals surface area (Å²) in [6.07, 6.45) is 8.11. The third kappa shape index (κ3) is 4.75. The minimum absolute atomic E-state index is 0.229. The highest BCUT2D eigenvalue weighted by molar-refractivity contribution is 7.22. The minimum Gasteiger partial charge on any atom is -0.462 e. The molecule has 2 bridgehead atoms. The van der Waals surface area contributed by atoms with Gasteiger partial charge >= 0.3 is 5.97 Å². The smallest absolute Gasteiger partial charge is 0.338 e. The van der Waals surface area contributed by atoms with Crippen molar-refractivity contribution in [3.8, 4) is 0 Å². The Morgan fingerprint density at radius 1 is 1.02 bits per heavy atom. The molecule has 8 rings (SSSR count). The average Bonchev–Trinajstić information content (AvgIpc) is 3.89. The first-order chi connectivity index (χ1) is 20.2. The fourth-order valence-corrected chi connectivity index (χ4v) is 8.29. The van der Waals surface area contributed by atoms with Gasteiger partial charge in [-0.1, -0.05) is 46.8 Å². The summed E-state index contributed by atoms with van der Waals surface area (Å²) in [6, 6.07) is 17.3. The van der Waals surface area contributed by atoms with Crippen molar-refractivity contribution >= 4 is 32.7 Å². The van der Waals surface area contributed by atoms with Crippen molar-refractivity contribution < 1.29 is 18.8 Å². The van der Waals surface area contributed by atoms with Gasteiger partial charge in [0, 0.05) is 29.5 Å². The summed E-state index contributed by atoms with van der Waals surface area (Å²) < 4.78 is 18.9. The fraction of sp³-hybridized carbons (Fsp3) is 0.485. The molecule has 0 radical (unpaired) electrons. The number of anilines is 1. The summed E-state index contributed by atoms with van der Waals surface area (Å²) in [5, 5.41) is 5.68. The van der Waals surface area contributed by atoms with Crippen LogP contribution in [-0.4, -0.2) is 40.9 Å². The number of rotatable bonds is 9. The highest BCUT2D eigenvalue weighted by Crippen LogP contribution is 2.56. The van der Waals surface area contributed by atoms with Crippen LogP contribution in [0.3, 0.4) is 0 Å². The molecule has 2 aliphatic carbocycles. The van der Waals surface area contributed by atoms with Gasteiger partial charge in [-0.05, 0) is 81.5 Å². The number of hydrogen-bond acceptors (Lipinski definition) is 8. The number of benzene rings is 2. The first-order valence-corrected chi connectivity index (χ1v) is 16.0. The second-order valence-corrected chi connectivity index (χ2v) is 13.1. The van der Waals surface area contributed by atoms with E-state index in [2.05, 4.69) is 40.4 Å². The van der Waals surface area contributed by atoms with Gasteiger partial charge in [0.2, 0.25) is 0 Å². The Labute approximate surface area is 243 Å². The van der Waals surface area contributed by atoms with E-state index < -0.39 is 0 Å². The highest BCUT2D eigenvalue weighted by atomic mass is 32.1. The second-order valence-electron chi connectivity index (χ2n) is 12.1. The van der Waals surface area contributed by atoms with E-state index in [1.54, 1.807) is 11.3 Å². The van der Waals surface area contributed by atoms with Gasteiger partial charge in [0.25, 0.3) is 0 Å². The molecule has 4 atom stereocenters. The summed E-state index contributed by atoms with van der Waals surface area (Å²) in [7, 11) is 0. The maximum atomic E-state index is 12.2. The van der Waals surface area contributed by atoms with Crippen LogP contribution in [0.4, 0.5) is 5.13 Å². The van der Waals surface area contributed by atoms with E-state index in [1.165, 1.54) is 36.8 Å². The normalized spacial score (nSPS) is 27.0. The summed E-state index contributed by atoms with van der Waals surface area (Å²) >= 11 is 1.68. The maximum absolute atomic E-state index is 12.2. The van der Waals surface area contributed by atoms with Crippen LogP contribution in [0.2, 0.25) is 0 Å². The number of thiazole rings is 1. The number of nitrogens with zero attached hydrogens (tertiary/aromatic N) is 3. The first-order valence-electron chi connectivity index (χ1n) is 15.2. The SMILES string of the molecule is CCOC(=O)c1ccc2nc(N3C4CCC3CC(OCc3c(C5CC5c5ccccc5)noc3C3CC3)C4)sc2c1. The van der Waals surface area contributed by atoms with Gasteiger partial charge in [-0.3, -0.25) is 0 Å². The zero-order valence-electron chi connectivity index (χ0n) is 23.3. The van der Waals surface area contributed by atoms with Crippen molar-refractivity contribution in [3.63, 3.8) is 0 Å². The topological polar surface area (TPSA) is 77.7 Å². The summed E-state index contributed by atoms with van der Waals surface area (Å²) in [5.41, 5.74) is 5.30. The number of esters is 1. The molecular formula is C33H35N3O4S. The number of ether oxygens (including phenoxy) is 2.